The summed E-state index contributed by atoms with van der Waals surface area (Å²) in [4.78, 5) is 0. The molecular formula is C16H29NO3. The van der Waals surface area contributed by atoms with Crippen molar-refractivity contribution in [2.75, 3.05) is 33.0 Å². The lowest BCUT2D eigenvalue weighted by Crippen LogP contribution is -2.65. The molecule has 1 saturated heterocycles. The minimum Gasteiger partial charge on any atom is -0.378 e. The number of rotatable bonds is 5. The zero-order chi connectivity index (χ0) is 13.8. The summed E-state index contributed by atoms with van der Waals surface area (Å²) in [5.41, 5.74) is 0.407. The van der Waals surface area contributed by atoms with Gasteiger partial charge in [-0.05, 0) is 26.2 Å². The molecule has 20 heavy (non-hydrogen) atoms. The van der Waals surface area contributed by atoms with E-state index < -0.39 is 0 Å². The molecule has 0 bridgehead atoms. The first-order chi connectivity index (χ1) is 9.85. The molecule has 4 nitrogen and oxygen atoms in total. The van der Waals surface area contributed by atoms with Gasteiger partial charge < -0.3 is 19.5 Å². The predicted octanol–water partition coefficient (Wildman–Crippen LogP) is 2.12. The Bertz CT molecular complexity index is 298. The van der Waals surface area contributed by atoms with Gasteiger partial charge in [-0.1, -0.05) is 19.3 Å². The maximum absolute atomic E-state index is 6.00. The lowest BCUT2D eigenvalue weighted by atomic mass is 9.55. The lowest BCUT2D eigenvalue weighted by Gasteiger charge is -2.58. The smallest absolute Gasteiger partial charge is 0.0933 e. The van der Waals surface area contributed by atoms with Crippen LogP contribution in [-0.4, -0.2) is 51.2 Å². The molecule has 1 N–H and O–H groups in total. The van der Waals surface area contributed by atoms with E-state index in [0.717, 1.165) is 33.0 Å². The van der Waals surface area contributed by atoms with Crippen LogP contribution in [0.1, 0.15) is 45.4 Å². The fourth-order valence-electron chi connectivity index (χ4n) is 4.28. The van der Waals surface area contributed by atoms with E-state index in [4.69, 9.17) is 14.2 Å². The van der Waals surface area contributed by atoms with Crippen LogP contribution in [0, 0.1) is 5.41 Å². The zero-order valence-electron chi connectivity index (χ0n) is 12.7. The van der Waals surface area contributed by atoms with Crippen molar-refractivity contribution in [3.63, 3.8) is 0 Å². The van der Waals surface area contributed by atoms with E-state index in [1.54, 1.807) is 0 Å². The molecule has 1 heterocycles. The Morgan fingerprint density at radius 1 is 1.20 bits per heavy atom. The van der Waals surface area contributed by atoms with E-state index in [-0.39, 0.29) is 6.10 Å². The fourth-order valence-corrected chi connectivity index (χ4v) is 4.28. The molecule has 3 fully saturated rings. The van der Waals surface area contributed by atoms with Gasteiger partial charge in [0.25, 0.3) is 0 Å². The van der Waals surface area contributed by atoms with Gasteiger partial charge in [0.2, 0.25) is 0 Å². The third-order valence-electron chi connectivity index (χ3n) is 5.41. The molecule has 0 aromatic rings. The van der Waals surface area contributed by atoms with E-state index in [2.05, 4.69) is 12.2 Å². The summed E-state index contributed by atoms with van der Waals surface area (Å²) in [5.74, 6) is 0. The normalized spacial score (nSPS) is 36.8. The molecule has 0 amide bonds. The Morgan fingerprint density at radius 3 is 2.75 bits per heavy atom. The summed E-state index contributed by atoms with van der Waals surface area (Å²) in [5, 5.41) is 3.75. The molecule has 1 spiro atoms. The average molecular weight is 283 g/mol. The highest BCUT2D eigenvalue weighted by atomic mass is 16.6. The summed E-state index contributed by atoms with van der Waals surface area (Å²) in [7, 11) is 0. The van der Waals surface area contributed by atoms with Crippen LogP contribution >= 0.6 is 0 Å². The summed E-state index contributed by atoms with van der Waals surface area (Å²) < 4.78 is 17.2. The molecule has 3 atom stereocenters. The van der Waals surface area contributed by atoms with Gasteiger partial charge in [0.1, 0.15) is 0 Å². The van der Waals surface area contributed by atoms with Crippen LogP contribution in [0.4, 0.5) is 0 Å². The second-order valence-electron chi connectivity index (χ2n) is 6.50. The molecule has 2 aliphatic carbocycles. The largest absolute Gasteiger partial charge is 0.378 e. The molecule has 3 unspecified atom stereocenters. The number of ether oxygens (including phenoxy) is 3. The van der Waals surface area contributed by atoms with E-state index in [9.17, 15) is 0 Å². The Morgan fingerprint density at radius 2 is 2.05 bits per heavy atom. The molecule has 0 radical (unpaired) electrons. The first-order valence-electron chi connectivity index (χ1n) is 8.39. The second-order valence-corrected chi connectivity index (χ2v) is 6.50. The standard InChI is InChI=1S/C16H29NO3/c1-2-19-15-10-14(16(15)6-4-3-5-7-16)17-11-13-12-18-8-9-20-13/h13-15,17H,2-12H2,1H3. The second kappa shape index (κ2) is 6.73. The number of hydrogen-bond acceptors (Lipinski definition) is 4. The van der Waals surface area contributed by atoms with Crippen molar-refractivity contribution in [2.45, 2.75) is 63.7 Å². The Kier molecular flexibility index (Phi) is 4.97. The SMILES string of the molecule is CCOC1CC(NCC2COCCO2)C12CCCCC2. The molecule has 3 rings (SSSR count). The predicted molar refractivity (Wildman–Crippen MR) is 77.9 cm³/mol. The highest BCUT2D eigenvalue weighted by Gasteiger charge is 2.55. The molecule has 3 aliphatic rings. The first-order valence-corrected chi connectivity index (χ1v) is 8.39. The van der Waals surface area contributed by atoms with Crippen molar-refractivity contribution in [1.82, 2.24) is 5.32 Å². The minimum absolute atomic E-state index is 0.232. The van der Waals surface area contributed by atoms with E-state index >= 15 is 0 Å². The number of hydrogen-bond donors (Lipinski definition) is 1. The van der Waals surface area contributed by atoms with Crippen LogP contribution in [0.3, 0.4) is 0 Å². The molecule has 0 aromatic heterocycles. The van der Waals surface area contributed by atoms with Gasteiger partial charge in [-0.25, -0.2) is 0 Å². The van der Waals surface area contributed by atoms with Crippen LogP contribution < -0.4 is 5.32 Å². The molecule has 1 aliphatic heterocycles. The first kappa shape index (κ1) is 14.8. The van der Waals surface area contributed by atoms with E-state index in [1.807, 2.05) is 0 Å². The van der Waals surface area contributed by atoms with Gasteiger partial charge in [-0.3, -0.25) is 0 Å². The molecule has 4 heteroatoms. The Balaban J connectivity index is 1.52. The quantitative estimate of drug-likeness (QED) is 0.839. The van der Waals surface area contributed by atoms with Crippen molar-refractivity contribution in [3.05, 3.63) is 0 Å². The van der Waals surface area contributed by atoms with Gasteiger partial charge >= 0.3 is 0 Å². The summed E-state index contributed by atoms with van der Waals surface area (Å²) in [6, 6.07) is 0.616. The maximum atomic E-state index is 6.00. The summed E-state index contributed by atoms with van der Waals surface area (Å²) >= 11 is 0. The Labute approximate surface area is 122 Å². The third kappa shape index (κ3) is 2.89. The highest BCUT2D eigenvalue weighted by Crippen LogP contribution is 2.53. The monoisotopic (exact) mass is 283 g/mol. The van der Waals surface area contributed by atoms with Crippen molar-refractivity contribution in [3.8, 4) is 0 Å². The summed E-state index contributed by atoms with van der Waals surface area (Å²) in [6.45, 7) is 6.11. The fraction of sp³-hybridized carbons (Fsp3) is 1.00. The third-order valence-corrected chi connectivity index (χ3v) is 5.41. The van der Waals surface area contributed by atoms with Gasteiger partial charge in [-0.2, -0.15) is 0 Å². The van der Waals surface area contributed by atoms with Crippen molar-refractivity contribution < 1.29 is 14.2 Å². The van der Waals surface area contributed by atoms with Crippen LogP contribution in [0.15, 0.2) is 0 Å². The molecule has 2 saturated carbocycles. The average Bonchev–Trinajstić information content (AvgIpc) is 2.52. The van der Waals surface area contributed by atoms with Gasteiger partial charge in [0.15, 0.2) is 0 Å². The van der Waals surface area contributed by atoms with Gasteiger partial charge in [0, 0.05) is 24.6 Å². The highest BCUT2D eigenvalue weighted by molar-refractivity contribution is 5.09. The van der Waals surface area contributed by atoms with E-state index in [1.165, 1.54) is 38.5 Å². The molecule has 0 aromatic carbocycles. The van der Waals surface area contributed by atoms with Crippen molar-refractivity contribution in [2.24, 2.45) is 5.41 Å². The van der Waals surface area contributed by atoms with Crippen LogP contribution in [0.5, 0.6) is 0 Å². The van der Waals surface area contributed by atoms with Gasteiger partial charge in [-0.15, -0.1) is 0 Å². The zero-order valence-corrected chi connectivity index (χ0v) is 12.7. The lowest BCUT2D eigenvalue weighted by molar-refractivity contribution is -0.154. The summed E-state index contributed by atoms with van der Waals surface area (Å²) in [6.07, 6.45) is 8.67. The Hall–Kier alpha value is -0.160. The molecule has 116 valence electrons. The van der Waals surface area contributed by atoms with Crippen LogP contribution in [-0.2, 0) is 14.2 Å². The minimum atomic E-state index is 0.232. The molecular weight excluding hydrogens is 254 g/mol. The maximum Gasteiger partial charge on any atom is 0.0933 e. The van der Waals surface area contributed by atoms with Gasteiger partial charge in [0.05, 0.1) is 32.0 Å². The van der Waals surface area contributed by atoms with Crippen molar-refractivity contribution >= 4 is 0 Å². The van der Waals surface area contributed by atoms with Crippen molar-refractivity contribution in [1.29, 1.82) is 0 Å². The van der Waals surface area contributed by atoms with Crippen LogP contribution in [0.2, 0.25) is 0 Å². The van der Waals surface area contributed by atoms with Crippen LogP contribution in [0.25, 0.3) is 0 Å². The number of nitrogens with one attached hydrogen (secondary N) is 1. The van der Waals surface area contributed by atoms with E-state index in [0.29, 0.717) is 17.6 Å². The topological polar surface area (TPSA) is 39.7 Å².